The van der Waals surface area contributed by atoms with Crippen LogP contribution in [-0.2, 0) is 12.8 Å². The number of hydrogen-bond donors (Lipinski definition) is 2. The predicted octanol–water partition coefficient (Wildman–Crippen LogP) is 3.34. The summed E-state index contributed by atoms with van der Waals surface area (Å²) in [6, 6.07) is 6.03. The van der Waals surface area contributed by atoms with Gasteiger partial charge in [0.2, 0.25) is 0 Å². The molecule has 0 bridgehead atoms. The Labute approximate surface area is 170 Å². The van der Waals surface area contributed by atoms with Crippen molar-refractivity contribution < 1.29 is 18.7 Å². The van der Waals surface area contributed by atoms with Crippen LogP contribution in [0.25, 0.3) is 11.0 Å². The third-order valence-corrected chi connectivity index (χ3v) is 6.35. The van der Waals surface area contributed by atoms with Gasteiger partial charge in [-0.3, -0.25) is 9.59 Å². The van der Waals surface area contributed by atoms with Gasteiger partial charge in [-0.1, -0.05) is 6.92 Å². The molecule has 0 spiro atoms. The lowest BCUT2D eigenvalue weighted by Crippen LogP contribution is -2.20. The lowest BCUT2D eigenvalue weighted by molar-refractivity contribution is 0.1000. The summed E-state index contributed by atoms with van der Waals surface area (Å²) in [5, 5.41) is 3.69. The Morgan fingerprint density at radius 3 is 2.83 bits per heavy atom. The summed E-state index contributed by atoms with van der Waals surface area (Å²) in [7, 11) is 1.50. The van der Waals surface area contributed by atoms with Crippen LogP contribution in [-0.4, -0.2) is 18.9 Å². The van der Waals surface area contributed by atoms with Crippen molar-refractivity contribution in [2.24, 2.45) is 11.7 Å². The summed E-state index contributed by atoms with van der Waals surface area (Å²) in [4.78, 5) is 38.2. The van der Waals surface area contributed by atoms with Crippen molar-refractivity contribution in [3.8, 4) is 5.75 Å². The zero-order valence-corrected chi connectivity index (χ0v) is 16.9. The highest BCUT2D eigenvalue weighted by Crippen LogP contribution is 2.39. The molecule has 1 unspecified atom stereocenters. The molecule has 1 aliphatic carbocycles. The first kappa shape index (κ1) is 19.2. The van der Waals surface area contributed by atoms with E-state index in [1.165, 1.54) is 18.4 Å². The first-order valence-electron chi connectivity index (χ1n) is 9.25. The van der Waals surface area contributed by atoms with Crippen LogP contribution < -0.4 is 21.4 Å². The van der Waals surface area contributed by atoms with Crippen LogP contribution in [0.4, 0.5) is 5.00 Å². The maximum Gasteiger partial charge on any atom is 0.337 e. The largest absolute Gasteiger partial charge is 0.497 e. The van der Waals surface area contributed by atoms with Gasteiger partial charge in [-0.2, -0.15) is 0 Å². The molecule has 3 N–H and O–H groups in total. The number of anilines is 1. The van der Waals surface area contributed by atoms with Gasteiger partial charge >= 0.3 is 5.63 Å². The Balaban J connectivity index is 1.76. The highest BCUT2D eigenvalue weighted by atomic mass is 32.1. The molecular formula is C21H20N2O5S. The van der Waals surface area contributed by atoms with Crippen molar-refractivity contribution >= 4 is 39.1 Å². The first-order chi connectivity index (χ1) is 13.9. The first-order valence-corrected chi connectivity index (χ1v) is 10.1. The van der Waals surface area contributed by atoms with Crippen LogP contribution in [0.5, 0.6) is 5.75 Å². The fraction of sp³-hybridized carbons (Fsp3) is 0.286. The number of amides is 2. The molecule has 7 nitrogen and oxygen atoms in total. The molecule has 1 aliphatic rings. The normalized spacial score (nSPS) is 15.7. The molecule has 3 aromatic rings. The topological polar surface area (TPSA) is 112 Å². The monoisotopic (exact) mass is 412 g/mol. The number of methoxy groups -OCH3 is 1. The molecule has 0 saturated carbocycles. The number of carbonyl (C=O) groups excluding carboxylic acids is 2. The lowest BCUT2D eigenvalue weighted by Gasteiger charge is -2.18. The third kappa shape index (κ3) is 3.51. The van der Waals surface area contributed by atoms with E-state index in [9.17, 15) is 14.4 Å². The molecule has 0 radical (unpaired) electrons. The molecule has 2 amide bonds. The standard InChI is InChI=1S/C21H20N2O5S/c1-10-3-5-13-16(7-10)29-21(18(13)19(22)25)23-20(26)14-9-17(24)28-15-8-11(27-2)4-6-12(14)15/h4,6,8-10H,3,5,7H2,1-2H3,(H2,22,25)(H,23,26). The molecule has 0 aliphatic heterocycles. The molecule has 0 fully saturated rings. The summed E-state index contributed by atoms with van der Waals surface area (Å²) >= 11 is 1.38. The second-order valence-electron chi connectivity index (χ2n) is 7.22. The van der Waals surface area contributed by atoms with E-state index in [-0.39, 0.29) is 11.1 Å². The summed E-state index contributed by atoms with van der Waals surface area (Å²) in [5.74, 6) is -0.0332. The molecule has 150 valence electrons. The van der Waals surface area contributed by atoms with Gasteiger partial charge in [-0.15, -0.1) is 11.3 Å². The fourth-order valence-electron chi connectivity index (χ4n) is 3.73. The van der Waals surface area contributed by atoms with Crippen molar-refractivity contribution in [2.45, 2.75) is 26.2 Å². The van der Waals surface area contributed by atoms with Gasteiger partial charge in [-0.05, 0) is 42.9 Å². The van der Waals surface area contributed by atoms with Crippen LogP contribution in [0, 0.1) is 5.92 Å². The number of carbonyl (C=O) groups is 2. The molecule has 4 rings (SSSR count). The number of benzene rings is 1. The van der Waals surface area contributed by atoms with E-state index in [1.807, 2.05) is 0 Å². The van der Waals surface area contributed by atoms with Gasteiger partial charge in [0.1, 0.15) is 16.3 Å². The molecule has 1 aromatic carbocycles. The minimum Gasteiger partial charge on any atom is -0.497 e. The smallest absolute Gasteiger partial charge is 0.337 e. The minimum atomic E-state index is -0.648. The quantitative estimate of drug-likeness (QED) is 0.639. The van der Waals surface area contributed by atoms with Gasteiger partial charge < -0.3 is 20.2 Å². The van der Waals surface area contributed by atoms with Crippen molar-refractivity contribution in [3.05, 3.63) is 56.3 Å². The fourth-order valence-corrected chi connectivity index (χ4v) is 5.14. The Bertz CT molecular complexity index is 1190. The van der Waals surface area contributed by atoms with E-state index in [4.69, 9.17) is 14.9 Å². The van der Waals surface area contributed by atoms with E-state index < -0.39 is 17.4 Å². The number of fused-ring (bicyclic) bond motifs is 2. The van der Waals surface area contributed by atoms with Crippen molar-refractivity contribution in [3.63, 3.8) is 0 Å². The van der Waals surface area contributed by atoms with E-state index >= 15 is 0 Å². The Hall–Kier alpha value is -3.13. The Morgan fingerprint density at radius 1 is 1.31 bits per heavy atom. The van der Waals surface area contributed by atoms with Crippen LogP contribution in [0.3, 0.4) is 0 Å². The Kier molecular flexibility index (Phi) is 4.87. The molecule has 29 heavy (non-hydrogen) atoms. The van der Waals surface area contributed by atoms with Crippen LogP contribution in [0.15, 0.2) is 33.5 Å². The van der Waals surface area contributed by atoms with Gasteiger partial charge in [0.25, 0.3) is 11.8 Å². The molecule has 1 atom stereocenters. The van der Waals surface area contributed by atoms with E-state index in [1.54, 1.807) is 18.2 Å². The van der Waals surface area contributed by atoms with Crippen LogP contribution >= 0.6 is 11.3 Å². The molecular weight excluding hydrogens is 392 g/mol. The van der Waals surface area contributed by atoms with Crippen molar-refractivity contribution in [1.82, 2.24) is 0 Å². The molecule has 2 aromatic heterocycles. The summed E-state index contributed by atoms with van der Waals surface area (Å²) in [6.07, 6.45) is 2.59. The number of thiophene rings is 1. The number of nitrogens with two attached hydrogens (primary N) is 1. The van der Waals surface area contributed by atoms with Gasteiger partial charge in [0.05, 0.1) is 18.2 Å². The van der Waals surface area contributed by atoms with Crippen LogP contribution in [0.1, 0.15) is 44.5 Å². The SMILES string of the molecule is COc1ccc2c(C(=O)Nc3sc4c(c3C(N)=O)CCC(C)C4)cc(=O)oc2c1. The van der Waals surface area contributed by atoms with E-state index in [0.29, 0.717) is 27.6 Å². The van der Waals surface area contributed by atoms with E-state index in [0.717, 1.165) is 35.8 Å². The number of primary amides is 1. The Morgan fingerprint density at radius 2 is 2.10 bits per heavy atom. The highest BCUT2D eigenvalue weighted by molar-refractivity contribution is 7.17. The maximum absolute atomic E-state index is 13.0. The van der Waals surface area contributed by atoms with E-state index in [2.05, 4.69) is 12.2 Å². The number of nitrogens with one attached hydrogen (secondary N) is 1. The summed E-state index contributed by atoms with van der Waals surface area (Å²) < 4.78 is 10.3. The van der Waals surface area contributed by atoms with Gasteiger partial charge in [-0.25, -0.2) is 4.79 Å². The van der Waals surface area contributed by atoms with Crippen molar-refractivity contribution in [2.75, 3.05) is 12.4 Å². The zero-order valence-electron chi connectivity index (χ0n) is 16.0. The predicted molar refractivity (Wildman–Crippen MR) is 111 cm³/mol. The lowest BCUT2D eigenvalue weighted by atomic mass is 9.88. The summed E-state index contributed by atoms with van der Waals surface area (Å²) in [6.45, 7) is 2.16. The van der Waals surface area contributed by atoms with Crippen molar-refractivity contribution in [1.29, 1.82) is 0 Å². The molecule has 0 saturated heterocycles. The highest BCUT2D eigenvalue weighted by Gasteiger charge is 2.27. The summed E-state index contributed by atoms with van der Waals surface area (Å²) in [5.41, 5.74) is 6.68. The second-order valence-corrected chi connectivity index (χ2v) is 8.32. The number of ether oxygens (including phenoxy) is 1. The molecule has 8 heteroatoms. The van der Waals surface area contributed by atoms with Gasteiger partial charge in [0, 0.05) is 22.4 Å². The van der Waals surface area contributed by atoms with Crippen LogP contribution in [0.2, 0.25) is 0 Å². The average Bonchev–Trinajstić information content (AvgIpc) is 3.03. The zero-order chi connectivity index (χ0) is 20.7. The minimum absolute atomic E-state index is 0.161. The number of hydrogen-bond acceptors (Lipinski definition) is 6. The maximum atomic E-state index is 13.0. The number of rotatable bonds is 4. The molecule has 2 heterocycles. The second kappa shape index (κ2) is 7.36. The average molecular weight is 412 g/mol. The van der Waals surface area contributed by atoms with Gasteiger partial charge in [0.15, 0.2) is 0 Å². The third-order valence-electron chi connectivity index (χ3n) is 5.18.